The van der Waals surface area contributed by atoms with Gasteiger partial charge in [0, 0.05) is 5.56 Å². The maximum atomic E-state index is 12.5. The average molecular weight is 305 g/mol. The topological polar surface area (TPSA) is 75.6 Å². The van der Waals surface area contributed by atoms with Gasteiger partial charge in [-0.05, 0) is 19.1 Å². The normalized spacial score (nSPS) is 14.1. The molecule has 0 saturated heterocycles. The molecule has 2 atom stereocenters. The van der Waals surface area contributed by atoms with E-state index in [4.69, 9.17) is 0 Å². The van der Waals surface area contributed by atoms with Crippen molar-refractivity contribution >= 4 is 11.9 Å². The molecule has 0 saturated carbocycles. The second-order valence-electron chi connectivity index (χ2n) is 4.06. The zero-order valence-corrected chi connectivity index (χ0v) is 11.1. The van der Waals surface area contributed by atoms with Gasteiger partial charge in [0.25, 0.3) is 5.91 Å². The van der Waals surface area contributed by atoms with Gasteiger partial charge in [-0.3, -0.25) is 4.79 Å². The monoisotopic (exact) mass is 305 g/mol. The maximum absolute atomic E-state index is 12.5. The van der Waals surface area contributed by atoms with Crippen molar-refractivity contribution < 1.29 is 32.6 Å². The smallest absolute Gasteiger partial charge is 0.416 e. The zero-order valence-electron chi connectivity index (χ0n) is 11.1. The van der Waals surface area contributed by atoms with Crippen molar-refractivity contribution in [2.45, 2.75) is 25.2 Å². The first-order valence-electron chi connectivity index (χ1n) is 6.04. The molecule has 0 aliphatic heterocycles. The first-order valence-corrected chi connectivity index (χ1v) is 6.04. The highest BCUT2D eigenvalue weighted by atomic mass is 19.4. The van der Waals surface area contributed by atoms with Crippen LogP contribution in [0.2, 0.25) is 0 Å². The van der Waals surface area contributed by atoms with Crippen LogP contribution in [-0.4, -0.2) is 41.9 Å². The molecular formula is C13H14F3NO4. The molecule has 1 aromatic rings. The Hall–Kier alpha value is -2.09. The van der Waals surface area contributed by atoms with Crippen LogP contribution >= 0.6 is 0 Å². The molecule has 0 radical (unpaired) electrons. The molecule has 116 valence electrons. The molecule has 0 aliphatic rings. The van der Waals surface area contributed by atoms with Crippen LogP contribution in [0, 0.1) is 0 Å². The lowest BCUT2D eigenvalue weighted by molar-refractivity contribution is -0.215. The minimum absolute atomic E-state index is 0.0566. The number of rotatable bonds is 5. The number of esters is 1. The van der Waals surface area contributed by atoms with Gasteiger partial charge in [-0.15, -0.1) is 0 Å². The summed E-state index contributed by atoms with van der Waals surface area (Å²) in [6, 6.07) is 5.12. The molecule has 0 aromatic heterocycles. The lowest BCUT2D eigenvalue weighted by Crippen LogP contribution is -2.54. The van der Waals surface area contributed by atoms with E-state index in [0.29, 0.717) is 0 Å². The minimum atomic E-state index is -5.07. The van der Waals surface area contributed by atoms with Gasteiger partial charge >= 0.3 is 12.1 Å². The zero-order chi connectivity index (χ0) is 16.0. The van der Waals surface area contributed by atoms with Gasteiger partial charge in [0.1, 0.15) is 0 Å². The van der Waals surface area contributed by atoms with Crippen molar-refractivity contribution in [2.24, 2.45) is 0 Å². The third-order valence-corrected chi connectivity index (χ3v) is 2.51. The number of aliphatic hydroxyl groups excluding tert-OH is 1. The number of alkyl halides is 3. The fourth-order valence-electron chi connectivity index (χ4n) is 1.50. The second-order valence-corrected chi connectivity index (χ2v) is 4.06. The fraction of sp³-hybridized carbons (Fsp3) is 0.385. The third kappa shape index (κ3) is 4.75. The summed E-state index contributed by atoms with van der Waals surface area (Å²) in [4.78, 5) is 23.3. The van der Waals surface area contributed by atoms with Crippen LogP contribution in [0.3, 0.4) is 0 Å². The minimum Gasteiger partial charge on any atom is -0.464 e. The first kappa shape index (κ1) is 17.0. The highest BCUT2D eigenvalue weighted by Crippen LogP contribution is 2.23. The van der Waals surface area contributed by atoms with Crippen molar-refractivity contribution in [3.63, 3.8) is 0 Å². The highest BCUT2D eigenvalue weighted by Gasteiger charge is 2.48. The molecule has 8 heteroatoms. The molecule has 1 rings (SSSR count). The van der Waals surface area contributed by atoms with E-state index in [0.717, 1.165) is 0 Å². The molecule has 0 spiro atoms. The molecule has 1 amide bonds. The lowest BCUT2D eigenvalue weighted by atomic mass is 10.1. The molecule has 0 unspecified atom stereocenters. The number of hydrogen-bond donors (Lipinski definition) is 2. The summed E-state index contributed by atoms with van der Waals surface area (Å²) in [5.41, 5.74) is 0.0566. The number of ether oxygens (including phenoxy) is 1. The summed E-state index contributed by atoms with van der Waals surface area (Å²) in [5, 5.41) is 11.0. The van der Waals surface area contributed by atoms with Crippen LogP contribution in [0.1, 0.15) is 17.3 Å². The van der Waals surface area contributed by atoms with Crippen LogP contribution in [0.15, 0.2) is 30.3 Å². The van der Waals surface area contributed by atoms with Crippen molar-refractivity contribution in [2.75, 3.05) is 6.61 Å². The predicted octanol–water partition coefficient (Wildman–Crippen LogP) is 1.27. The maximum Gasteiger partial charge on any atom is 0.416 e. The van der Waals surface area contributed by atoms with Crippen molar-refractivity contribution in [3.05, 3.63) is 35.9 Å². The molecule has 1 aromatic carbocycles. The van der Waals surface area contributed by atoms with E-state index in [1.807, 2.05) is 5.32 Å². The number of hydrogen-bond acceptors (Lipinski definition) is 4. The summed E-state index contributed by atoms with van der Waals surface area (Å²) < 4.78 is 42.1. The van der Waals surface area contributed by atoms with Crippen molar-refractivity contribution in [3.8, 4) is 0 Å². The molecule has 0 heterocycles. The number of nitrogens with one attached hydrogen (secondary N) is 1. The van der Waals surface area contributed by atoms with E-state index in [1.165, 1.54) is 31.2 Å². The van der Waals surface area contributed by atoms with Gasteiger partial charge in [-0.25, -0.2) is 4.79 Å². The average Bonchev–Trinajstić information content (AvgIpc) is 2.44. The standard InChI is InChI=1S/C13H14F3NO4/c1-2-21-12(20)9(10(18)13(14,15)16)17-11(19)8-6-4-3-5-7-8/h3-7,9-10,18H,2H2,1H3,(H,17,19)/t9-,10-/m0/s1. The predicted molar refractivity (Wildman–Crippen MR) is 66.4 cm³/mol. The largest absolute Gasteiger partial charge is 0.464 e. The van der Waals surface area contributed by atoms with E-state index in [9.17, 15) is 27.9 Å². The quantitative estimate of drug-likeness (QED) is 0.803. The van der Waals surface area contributed by atoms with Crippen molar-refractivity contribution in [1.82, 2.24) is 5.32 Å². The summed E-state index contributed by atoms with van der Waals surface area (Å²) in [5.74, 6) is -2.27. The van der Waals surface area contributed by atoms with Crippen LogP contribution in [0.4, 0.5) is 13.2 Å². The van der Waals surface area contributed by atoms with E-state index in [2.05, 4.69) is 4.74 Å². The van der Waals surface area contributed by atoms with Crippen LogP contribution in [0.5, 0.6) is 0 Å². The van der Waals surface area contributed by atoms with Crippen LogP contribution in [0.25, 0.3) is 0 Å². The molecule has 2 N–H and O–H groups in total. The van der Waals surface area contributed by atoms with E-state index >= 15 is 0 Å². The van der Waals surface area contributed by atoms with Crippen LogP contribution in [-0.2, 0) is 9.53 Å². The Morgan fingerprint density at radius 2 is 1.86 bits per heavy atom. The number of amides is 1. The van der Waals surface area contributed by atoms with Gasteiger partial charge in [0.15, 0.2) is 12.1 Å². The number of benzene rings is 1. The molecule has 21 heavy (non-hydrogen) atoms. The van der Waals surface area contributed by atoms with Gasteiger partial charge < -0.3 is 15.2 Å². The van der Waals surface area contributed by atoms with E-state index in [-0.39, 0.29) is 12.2 Å². The fourth-order valence-corrected chi connectivity index (χ4v) is 1.50. The number of carbonyl (C=O) groups is 2. The molecular weight excluding hydrogens is 291 g/mol. The number of carbonyl (C=O) groups excluding carboxylic acids is 2. The Morgan fingerprint density at radius 1 is 1.29 bits per heavy atom. The van der Waals surface area contributed by atoms with E-state index < -0.39 is 30.2 Å². The van der Waals surface area contributed by atoms with Crippen LogP contribution < -0.4 is 5.32 Å². The Bertz CT molecular complexity index is 490. The first-order chi connectivity index (χ1) is 9.77. The second kappa shape index (κ2) is 7.07. The number of halogens is 3. The third-order valence-electron chi connectivity index (χ3n) is 2.51. The molecule has 0 bridgehead atoms. The molecule has 0 fully saturated rings. The van der Waals surface area contributed by atoms with Gasteiger partial charge in [-0.2, -0.15) is 13.2 Å². The van der Waals surface area contributed by atoms with Gasteiger partial charge in [0.05, 0.1) is 6.61 Å². The Morgan fingerprint density at radius 3 is 2.33 bits per heavy atom. The Kier molecular flexibility index (Phi) is 5.71. The Balaban J connectivity index is 2.92. The molecule has 0 aliphatic carbocycles. The summed E-state index contributed by atoms with van der Waals surface area (Å²) in [6.07, 6.45) is -8.12. The number of aliphatic hydroxyl groups is 1. The van der Waals surface area contributed by atoms with Gasteiger partial charge in [0.2, 0.25) is 0 Å². The van der Waals surface area contributed by atoms with Gasteiger partial charge in [-0.1, -0.05) is 18.2 Å². The lowest BCUT2D eigenvalue weighted by Gasteiger charge is -2.24. The van der Waals surface area contributed by atoms with E-state index in [1.54, 1.807) is 6.07 Å². The molecule has 5 nitrogen and oxygen atoms in total. The highest BCUT2D eigenvalue weighted by molar-refractivity contribution is 5.96. The summed E-state index contributed by atoms with van der Waals surface area (Å²) >= 11 is 0. The van der Waals surface area contributed by atoms with Crippen molar-refractivity contribution in [1.29, 1.82) is 0 Å². The summed E-state index contributed by atoms with van der Waals surface area (Å²) in [7, 11) is 0. The summed E-state index contributed by atoms with van der Waals surface area (Å²) in [6.45, 7) is 1.22. The Labute approximate surface area is 118 Å². The SMILES string of the molecule is CCOC(=O)[C@@H](NC(=O)c1ccccc1)[C@H](O)C(F)(F)F.